The highest BCUT2D eigenvalue weighted by Gasteiger charge is 2.46. The van der Waals surface area contributed by atoms with E-state index >= 15 is 0 Å². The van der Waals surface area contributed by atoms with Gasteiger partial charge >= 0.3 is 0 Å². The van der Waals surface area contributed by atoms with Crippen molar-refractivity contribution in [2.75, 3.05) is 11.9 Å². The summed E-state index contributed by atoms with van der Waals surface area (Å²) in [4.78, 5) is 2.45. The molecule has 3 aromatic carbocycles. The fourth-order valence-electron chi connectivity index (χ4n) is 4.14. The molecule has 0 N–H and O–H groups in total. The van der Waals surface area contributed by atoms with Crippen molar-refractivity contribution in [3.63, 3.8) is 0 Å². The molecule has 0 spiro atoms. The molecule has 5 rings (SSSR count). The van der Waals surface area contributed by atoms with Crippen LogP contribution in [-0.2, 0) is 0 Å². The largest absolute Gasteiger partial charge is 0.454 e. The number of hydrogen-bond acceptors (Lipinski definition) is 2. The van der Waals surface area contributed by atoms with E-state index in [2.05, 4.69) is 97.2 Å². The number of aryl methyl sites for hydroxylation is 1. The molecule has 1 unspecified atom stereocenters. The first-order valence-corrected chi connectivity index (χ1v) is 9.82. The topological polar surface area (TPSA) is 16.4 Å². The normalized spacial score (nSPS) is 22.3. The number of halogens is 1. The van der Waals surface area contributed by atoms with Crippen molar-refractivity contribution < 1.29 is 4.42 Å². The van der Waals surface area contributed by atoms with Gasteiger partial charge in [0.15, 0.2) is 17.4 Å². The average molecular weight is 455 g/mol. The average Bonchev–Trinajstić information content (AvgIpc) is 3.10. The molecule has 2 heterocycles. The standard InChI is InChI=1S/C22H20IN2O/c1-14-12-13-17-16-8-4-7-11-20(16)26-22(17)21(14)24-15(2)25(3,23)19-10-6-5-9-18(19)24/h4-13,15H,1-3H3/q+1/t15-,25?/m1/s1. The molecule has 3 nitrogen and oxygen atoms in total. The number of para-hydroxylation sites is 3. The number of nitrogens with zero attached hydrogens (tertiary/aromatic N) is 2. The predicted octanol–water partition coefficient (Wildman–Crippen LogP) is 6.68. The van der Waals surface area contributed by atoms with E-state index in [0.717, 1.165) is 13.9 Å². The molecule has 0 aliphatic carbocycles. The SMILES string of the molecule is Cc1ccc2c(oc3ccccc32)c1N1c2ccccc2[N+](C)(I)[C@@H]1C. The van der Waals surface area contributed by atoms with Gasteiger partial charge in [-0.2, -0.15) is 0 Å². The van der Waals surface area contributed by atoms with Gasteiger partial charge in [0.05, 0.1) is 12.7 Å². The first-order valence-electron chi connectivity index (χ1n) is 8.85. The molecule has 26 heavy (non-hydrogen) atoms. The van der Waals surface area contributed by atoms with Crippen LogP contribution in [0.25, 0.3) is 21.9 Å². The zero-order chi connectivity index (χ0) is 18.1. The fraction of sp³-hybridized carbons (Fsp3) is 0.182. The van der Waals surface area contributed by atoms with Crippen LogP contribution in [0.3, 0.4) is 0 Å². The van der Waals surface area contributed by atoms with E-state index in [1.54, 1.807) is 0 Å². The third-order valence-electron chi connectivity index (χ3n) is 5.65. The Kier molecular flexibility index (Phi) is 3.40. The van der Waals surface area contributed by atoms with E-state index in [1.807, 2.05) is 12.1 Å². The van der Waals surface area contributed by atoms with Crippen molar-refractivity contribution in [2.45, 2.75) is 20.0 Å². The van der Waals surface area contributed by atoms with Crippen LogP contribution in [0.5, 0.6) is 0 Å². The monoisotopic (exact) mass is 455 g/mol. The molecular formula is C22H20IN2O+. The highest BCUT2D eigenvalue weighted by Crippen LogP contribution is 2.52. The minimum atomic E-state index is 0.269. The van der Waals surface area contributed by atoms with Gasteiger partial charge in [0.25, 0.3) is 22.9 Å². The summed E-state index contributed by atoms with van der Waals surface area (Å²) in [6, 6.07) is 21.4. The number of furan rings is 1. The molecule has 0 bridgehead atoms. The second-order valence-corrected chi connectivity index (χ2v) is 9.16. The maximum atomic E-state index is 6.36. The summed E-state index contributed by atoms with van der Waals surface area (Å²) in [5.74, 6) is 0. The lowest BCUT2D eigenvalue weighted by Crippen LogP contribution is -2.45. The highest BCUT2D eigenvalue weighted by atomic mass is 127. The minimum absolute atomic E-state index is 0.269. The summed E-state index contributed by atoms with van der Waals surface area (Å²) in [5.41, 5.74) is 6.92. The van der Waals surface area contributed by atoms with Crippen LogP contribution < -0.4 is 7.60 Å². The zero-order valence-electron chi connectivity index (χ0n) is 15.0. The Morgan fingerprint density at radius 3 is 2.54 bits per heavy atom. The summed E-state index contributed by atoms with van der Waals surface area (Å²) in [5, 5.41) is 2.36. The van der Waals surface area contributed by atoms with Crippen molar-refractivity contribution in [1.82, 2.24) is 2.70 Å². The van der Waals surface area contributed by atoms with Gasteiger partial charge < -0.3 is 4.42 Å². The Labute approximate surface area is 166 Å². The van der Waals surface area contributed by atoms with Crippen LogP contribution in [0.4, 0.5) is 17.1 Å². The van der Waals surface area contributed by atoms with Crippen LogP contribution in [0.1, 0.15) is 12.5 Å². The van der Waals surface area contributed by atoms with Crippen molar-refractivity contribution in [2.24, 2.45) is 0 Å². The van der Waals surface area contributed by atoms with Gasteiger partial charge in [-0.1, -0.05) is 42.5 Å². The first-order chi connectivity index (χ1) is 12.5. The van der Waals surface area contributed by atoms with Crippen molar-refractivity contribution >= 4 is 61.9 Å². The molecule has 130 valence electrons. The maximum absolute atomic E-state index is 6.36. The molecule has 0 saturated carbocycles. The van der Waals surface area contributed by atoms with Crippen LogP contribution in [0, 0.1) is 6.92 Å². The quantitative estimate of drug-likeness (QED) is 0.235. The first kappa shape index (κ1) is 16.1. The summed E-state index contributed by atoms with van der Waals surface area (Å²) in [6.07, 6.45) is 0.269. The molecule has 0 fully saturated rings. The second-order valence-electron chi connectivity index (χ2n) is 7.16. The summed E-state index contributed by atoms with van der Waals surface area (Å²) in [6.45, 7) is 4.46. The molecule has 1 aromatic heterocycles. The second kappa shape index (κ2) is 5.47. The van der Waals surface area contributed by atoms with Crippen LogP contribution in [0.15, 0.2) is 65.1 Å². The van der Waals surface area contributed by atoms with Gasteiger partial charge in [-0.15, -0.1) is 0 Å². The maximum Gasteiger partial charge on any atom is 0.256 e. The molecular weight excluding hydrogens is 435 g/mol. The lowest BCUT2D eigenvalue weighted by atomic mass is 10.1. The van der Waals surface area contributed by atoms with Gasteiger partial charge in [-0.25, -0.2) is 2.70 Å². The Hall–Kier alpha value is -2.05. The molecule has 0 saturated heterocycles. The number of hydrogen-bond donors (Lipinski definition) is 0. The summed E-state index contributed by atoms with van der Waals surface area (Å²) >= 11 is 2.54. The van der Waals surface area contributed by atoms with E-state index in [1.165, 1.54) is 33.4 Å². The number of quaternary nitrogens is 1. The molecule has 1 aliphatic heterocycles. The fourth-order valence-corrected chi connectivity index (χ4v) is 4.79. The number of rotatable bonds is 1. The Morgan fingerprint density at radius 1 is 0.962 bits per heavy atom. The van der Waals surface area contributed by atoms with Crippen LogP contribution in [0.2, 0.25) is 0 Å². The predicted molar refractivity (Wildman–Crippen MR) is 118 cm³/mol. The molecule has 4 aromatic rings. The van der Waals surface area contributed by atoms with Gasteiger partial charge in [0.2, 0.25) is 0 Å². The van der Waals surface area contributed by atoms with E-state index in [-0.39, 0.29) is 6.17 Å². The van der Waals surface area contributed by atoms with Crippen molar-refractivity contribution in [1.29, 1.82) is 0 Å². The van der Waals surface area contributed by atoms with Crippen molar-refractivity contribution in [3.8, 4) is 0 Å². The third kappa shape index (κ3) is 2.03. The number of benzene rings is 3. The Bertz CT molecular complexity index is 1160. The van der Waals surface area contributed by atoms with E-state index in [4.69, 9.17) is 4.42 Å². The van der Waals surface area contributed by atoms with Gasteiger partial charge in [0, 0.05) is 23.8 Å². The lowest BCUT2D eigenvalue weighted by molar-refractivity contribution is 0.496. The Balaban J connectivity index is 1.86. The van der Waals surface area contributed by atoms with Crippen molar-refractivity contribution in [3.05, 3.63) is 66.2 Å². The molecule has 4 heteroatoms. The minimum Gasteiger partial charge on any atom is -0.454 e. The van der Waals surface area contributed by atoms with Crippen LogP contribution in [-0.4, -0.2) is 13.2 Å². The smallest absolute Gasteiger partial charge is 0.256 e. The number of fused-ring (bicyclic) bond motifs is 4. The molecule has 0 radical (unpaired) electrons. The van der Waals surface area contributed by atoms with Gasteiger partial charge in [0.1, 0.15) is 11.3 Å². The molecule has 0 amide bonds. The van der Waals surface area contributed by atoms with Gasteiger partial charge in [-0.3, -0.25) is 4.90 Å². The van der Waals surface area contributed by atoms with E-state index in [9.17, 15) is 0 Å². The summed E-state index contributed by atoms with van der Waals surface area (Å²) in [7, 11) is 2.26. The van der Waals surface area contributed by atoms with E-state index < -0.39 is 0 Å². The van der Waals surface area contributed by atoms with E-state index in [0.29, 0.717) is 0 Å². The Morgan fingerprint density at radius 2 is 1.69 bits per heavy atom. The molecule has 1 aliphatic rings. The summed E-state index contributed by atoms with van der Waals surface area (Å²) < 4.78 is 7.15. The highest BCUT2D eigenvalue weighted by molar-refractivity contribution is 14.1. The molecule has 2 atom stereocenters. The van der Waals surface area contributed by atoms with Gasteiger partial charge in [-0.05, 0) is 24.6 Å². The number of anilines is 2. The lowest BCUT2D eigenvalue weighted by Gasteiger charge is -2.30. The van der Waals surface area contributed by atoms with Crippen LogP contribution >= 0.6 is 22.9 Å². The zero-order valence-corrected chi connectivity index (χ0v) is 17.2. The third-order valence-corrected chi connectivity index (χ3v) is 6.98.